The van der Waals surface area contributed by atoms with Crippen molar-refractivity contribution in [2.24, 2.45) is 4.99 Å². The summed E-state index contributed by atoms with van der Waals surface area (Å²) in [6.07, 6.45) is 1.74. The number of hydrogen-bond donors (Lipinski definition) is 1. The van der Waals surface area contributed by atoms with E-state index in [2.05, 4.69) is 32.3 Å². The minimum absolute atomic E-state index is 0.201. The molecule has 3 aromatic carbocycles. The summed E-state index contributed by atoms with van der Waals surface area (Å²) in [5.41, 5.74) is 2.75. The first kappa shape index (κ1) is 24.9. The maximum atomic E-state index is 12.5. The van der Waals surface area contributed by atoms with E-state index in [4.69, 9.17) is 21.1 Å². The molecule has 0 atom stereocenters. The lowest BCUT2D eigenvalue weighted by Crippen LogP contribution is -2.19. The van der Waals surface area contributed by atoms with Gasteiger partial charge in [-0.2, -0.15) is 5.26 Å². The summed E-state index contributed by atoms with van der Waals surface area (Å²) < 4.78 is 12.0. The van der Waals surface area contributed by atoms with Crippen LogP contribution in [-0.4, -0.2) is 17.7 Å². The summed E-state index contributed by atoms with van der Waals surface area (Å²) in [7, 11) is 0. The van der Waals surface area contributed by atoms with E-state index in [-0.39, 0.29) is 12.5 Å². The maximum Gasteiger partial charge on any atom is 0.264 e. The number of aliphatic imine (C=N–C) groups is 1. The molecule has 1 amide bonds. The lowest BCUT2D eigenvalue weighted by atomic mass is 10.1. The number of nitriles is 1. The quantitative estimate of drug-likeness (QED) is 0.315. The number of hydrogen-bond acceptors (Lipinski definition) is 6. The molecule has 3 aromatic rings. The second-order valence-corrected chi connectivity index (χ2v) is 9.57. The van der Waals surface area contributed by atoms with Gasteiger partial charge in [0, 0.05) is 5.56 Å². The summed E-state index contributed by atoms with van der Waals surface area (Å²) in [6, 6.07) is 20.3. The number of thioether (sulfide) groups is 1. The second-order valence-electron chi connectivity index (χ2n) is 7.28. The van der Waals surface area contributed by atoms with E-state index in [1.807, 2.05) is 49.4 Å². The first-order valence-electron chi connectivity index (χ1n) is 10.6. The number of carbonyl (C=O) groups is 1. The zero-order chi connectivity index (χ0) is 24.8. The molecule has 0 spiro atoms. The van der Waals surface area contributed by atoms with E-state index in [1.165, 1.54) is 11.8 Å². The van der Waals surface area contributed by atoms with Crippen molar-refractivity contribution in [2.45, 2.75) is 13.5 Å². The van der Waals surface area contributed by atoms with Crippen molar-refractivity contribution >= 4 is 62.1 Å². The normalized spacial score (nSPS) is 15.2. The minimum atomic E-state index is -0.236. The number of nitrogens with zero attached hydrogens (tertiary/aromatic N) is 2. The van der Waals surface area contributed by atoms with Gasteiger partial charge in [-0.25, -0.2) is 4.99 Å². The maximum absolute atomic E-state index is 12.5. The van der Waals surface area contributed by atoms with Gasteiger partial charge in [0.1, 0.15) is 12.4 Å². The highest BCUT2D eigenvalue weighted by atomic mass is 79.9. The fraction of sp³-hybridized carbons (Fsp3) is 0.115. The third kappa shape index (κ3) is 6.25. The Balaban J connectivity index is 1.48. The van der Waals surface area contributed by atoms with Gasteiger partial charge in [-0.3, -0.25) is 4.79 Å². The molecule has 1 aliphatic heterocycles. The Kier molecular flexibility index (Phi) is 8.13. The number of benzene rings is 3. The molecular weight excluding hydrogens is 550 g/mol. The Labute approximate surface area is 220 Å². The van der Waals surface area contributed by atoms with Gasteiger partial charge < -0.3 is 14.8 Å². The first-order valence-corrected chi connectivity index (χ1v) is 12.6. The van der Waals surface area contributed by atoms with Gasteiger partial charge in [0.05, 0.1) is 38.3 Å². The Morgan fingerprint density at radius 2 is 1.94 bits per heavy atom. The molecule has 4 rings (SSSR count). The van der Waals surface area contributed by atoms with E-state index in [0.29, 0.717) is 43.2 Å². The van der Waals surface area contributed by atoms with Crippen LogP contribution in [0.3, 0.4) is 0 Å². The zero-order valence-electron chi connectivity index (χ0n) is 18.5. The highest BCUT2D eigenvalue weighted by Crippen LogP contribution is 2.37. The SMILES string of the molecule is CCOc1ccc(N=C2NC(=O)/C(=C\c3cc(Cl)c(OCc4ccccc4C#N)c(Br)c3)S2)cc1. The number of amidine groups is 1. The molecule has 9 heteroatoms. The van der Waals surface area contributed by atoms with Gasteiger partial charge in [-0.05, 0) is 88.7 Å². The van der Waals surface area contributed by atoms with Crippen molar-refractivity contribution in [3.8, 4) is 17.6 Å². The van der Waals surface area contributed by atoms with E-state index < -0.39 is 0 Å². The Bertz CT molecular complexity index is 1340. The minimum Gasteiger partial charge on any atom is -0.494 e. The lowest BCUT2D eigenvalue weighted by Gasteiger charge is -2.12. The second kappa shape index (κ2) is 11.5. The molecule has 0 aliphatic carbocycles. The number of carbonyl (C=O) groups excluding carboxylic acids is 1. The van der Waals surface area contributed by atoms with Gasteiger partial charge >= 0.3 is 0 Å². The average molecular weight is 569 g/mol. The molecule has 176 valence electrons. The third-order valence-electron chi connectivity index (χ3n) is 4.86. The predicted octanol–water partition coefficient (Wildman–Crippen LogP) is 6.84. The zero-order valence-corrected chi connectivity index (χ0v) is 21.7. The predicted molar refractivity (Wildman–Crippen MR) is 143 cm³/mol. The summed E-state index contributed by atoms with van der Waals surface area (Å²) in [5, 5.41) is 12.9. The van der Waals surface area contributed by atoms with Crippen molar-refractivity contribution in [1.29, 1.82) is 5.26 Å². The molecule has 0 saturated carbocycles. The molecule has 0 aromatic heterocycles. The average Bonchev–Trinajstić information content (AvgIpc) is 3.18. The molecule has 1 saturated heterocycles. The molecule has 1 heterocycles. The van der Waals surface area contributed by atoms with Gasteiger partial charge in [0.2, 0.25) is 0 Å². The highest BCUT2D eigenvalue weighted by Gasteiger charge is 2.24. The molecule has 35 heavy (non-hydrogen) atoms. The molecule has 0 bridgehead atoms. The van der Waals surface area contributed by atoms with Gasteiger partial charge in [-0.15, -0.1) is 0 Å². The van der Waals surface area contributed by atoms with Crippen LogP contribution in [-0.2, 0) is 11.4 Å². The largest absolute Gasteiger partial charge is 0.494 e. The van der Waals surface area contributed by atoms with Crippen molar-refractivity contribution in [2.75, 3.05) is 6.61 Å². The Morgan fingerprint density at radius 3 is 2.66 bits per heavy atom. The van der Waals surface area contributed by atoms with Crippen LogP contribution in [0.15, 0.2) is 75.0 Å². The van der Waals surface area contributed by atoms with Crippen molar-refractivity contribution in [3.63, 3.8) is 0 Å². The molecule has 0 unspecified atom stereocenters. The van der Waals surface area contributed by atoms with Crippen LogP contribution in [0.5, 0.6) is 11.5 Å². The lowest BCUT2D eigenvalue weighted by molar-refractivity contribution is -0.115. The molecular formula is C26H19BrClN3O3S. The fourth-order valence-electron chi connectivity index (χ4n) is 3.24. The van der Waals surface area contributed by atoms with Crippen molar-refractivity contribution < 1.29 is 14.3 Å². The van der Waals surface area contributed by atoms with Crippen LogP contribution in [0.4, 0.5) is 5.69 Å². The van der Waals surface area contributed by atoms with Gasteiger partial charge in [0.15, 0.2) is 10.9 Å². The summed E-state index contributed by atoms with van der Waals surface area (Å²) in [5.74, 6) is 0.993. The molecule has 1 fully saturated rings. The highest BCUT2D eigenvalue weighted by molar-refractivity contribution is 9.10. The summed E-state index contributed by atoms with van der Waals surface area (Å²) in [4.78, 5) is 17.5. The summed E-state index contributed by atoms with van der Waals surface area (Å²) in [6.45, 7) is 2.72. The van der Waals surface area contributed by atoms with Crippen LogP contribution in [0.1, 0.15) is 23.6 Å². The van der Waals surface area contributed by atoms with Crippen LogP contribution >= 0.6 is 39.3 Å². The number of amides is 1. The third-order valence-corrected chi connectivity index (χ3v) is 6.64. The van der Waals surface area contributed by atoms with Gasteiger partial charge in [-0.1, -0.05) is 29.8 Å². The van der Waals surface area contributed by atoms with E-state index in [1.54, 1.807) is 24.3 Å². The number of ether oxygens (including phenoxy) is 2. The van der Waals surface area contributed by atoms with Crippen LogP contribution in [0, 0.1) is 11.3 Å². The van der Waals surface area contributed by atoms with Crippen LogP contribution in [0.25, 0.3) is 6.08 Å². The standard InChI is InChI=1S/C26H19BrClN3O3S/c1-2-33-20-9-7-19(8-10-20)30-26-31-25(32)23(35-26)13-16-11-21(27)24(22(28)12-16)34-15-18-6-4-3-5-17(18)14-29/h3-13H,2,15H2,1H3,(H,30,31,32)/b23-13+. The number of halogens is 2. The van der Waals surface area contributed by atoms with Crippen molar-refractivity contribution in [1.82, 2.24) is 5.32 Å². The topological polar surface area (TPSA) is 83.7 Å². The number of nitrogens with one attached hydrogen (secondary N) is 1. The smallest absolute Gasteiger partial charge is 0.264 e. The first-order chi connectivity index (χ1) is 17.0. The van der Waals surface area contributed by atoms with E-state index in [9.17, 15) is 10.1 Å². The Hall–Kier alpha value is -3.25. The fourth-order valence-corrected chi connectivity index (χ4v) is 5.07. The Morgan fingerprint density at radius 1 is 1.17 bits per heavy atom. The molecule has 6 nitrogen and oxygen atoms in total. The molecule has 0 radical (unpaired) electrons. The van der Waals surface area contributed by atoms with Crippen LogP contribution < -0.4 is 14.8 Å². The van der Waals surface area contributed by atoms with E-state index in [0.717, 1.165) is 16.9 Å². The number of rotatable bonds is 7. The molecule has 1 aliphatic rings. The monoisotopic (exact) mass is 567 g/mol. The van der Waals surface area contributed by atoms with Gasteiger partial charge in [0.25, 0.3) is 5.91 Å². The van der Waals surface area contributed by atoms with E-state index >= 15 is 0 Å². The summed E-state index contributed by atoms with van der Waals surface area (Å²) >= 11 is 11.2. The molecule has 1 N–H and O–H groups in total. The van der Waals surface area contributed by atoms with Crippen LogP contribution in [0.2, 0.25) is 5.02 Å². The van der Waals surface area contributed by atoms with Crippen molar-refractivity contribution in [3.05, 3.63) is 91.8 Å².